The number of H-pyrrole nitrogens is 1. The highest BCUT2D eigenvalue weighted by Gasteiger charge is 2.42. The maximum atomic E-state index is 12.7. The molecule has 1 unspecified atom stereocenters. The Morgan fingerprint density at radius 1 is 1.09 bits per heavy atom. The molecule has 0 amide bonds. The molecule has 9 nitrogen and oxygen atoms in total. The van der Waals surface area contributed by atoms with Crippen LogP contribution in [0.2, 0.25) is 0 Å². The summed E-state index contributed by atoms with van der Waals surface area (Å²) in [4.78, 5) is 22.2. The molecule has 3 heterocycles. The van der Waals surface area contributed by atoms with E-state index in [1.54, 1.807) is 0 Å². The lowest BCUT2D eigenvalue weighted by atomic mass is 10.1. The fourth-order valence-corrected chi connectivity index (χ4v) is 3.10. The van der Waals surface area contributed by atoms with Gasteiger partial charge in [0, 0.05) is 11.8 Å². The molecule has 0 aliphatic heterocycles. The summed E-state index contributed by atoms with van der Waals surface area (Å²) in [5, 5.41) is 4.29. The van der Waals surface area contributed by atoms with Crippen molar-refractivity contribution >= 4 is 17.0 Å². The Kier molecular flexibility index (Phi) is 5.64. The molecule has 178 valence electrons. The molecule has 3 aromatic heterocycles. The summed E-state index contributed by atoms with van der Waals surface area (Å²) in [6.45, 7) is 0. The van der Waals surface area contributed by atoms with Gasteiger partial charge in [0.1, 0.15) is 11.4 Å². The standard InChI is InChI=1S/C19H12F6N6O3/c20-18(21,22)17(32)33-15(26)14-13-11(12-7-27-8-29-12)5-6-28-16(13)31(30-14)9-1-3-10(4-2-9)34-19(23,24)25/h1-8,15H,26H2,(H,27,29). The van der Waals surface area contributed by atoms with Crippen LogP contribution in [0, 0.1) is 0 Å². The molecule has 34 heavy (non-hydrogen) atoms. The van der Waals surface area contributed by atoms with Crippen molar-refractivity contribution in [3.63, 3.8) is 0 Å². The first-order chi connectivity index (χ1) is 15.9. The molecule has 1 aromatic carbocycles. The number of aromatic amines is 1. The highest BCUT2D eigenvalue weighted by Crippen LogP contribution is 2.34. The van der Waals surface area contributed by atoms with Crippen LogP contribution in [0.5, 0.6) is 5.75 Å². The molecule has 0 spiro atoms. The van der Waals surface area contributed by atoms with Crippen molar-refractivity contribution < 1.29 is 40.6 Å². The second-order valence-corrected chi connectivity index (χ2v) is 6.68. The quantitative estimate of drug-likeness (QED) is 0.250. The van der Waals surface area contributed by atoms with Gasteiger partial charge in [-0.2, -0.15) is 18.3 Å². The Bertz CT molecular complexity index is 1320. The normalized spacial score (nSPS) is 13.1. The van der Waals surface area contributed by atoms with Gasteiger partial charge < -0.3 is 14.5 Å². The van der Waals surface area contributed by atoms with Crippen molar-refractivity contribution in [2.75, 3.05) is 0 Å². The van der Waals surface area contributed by atoms with E-state index in [0.717, 1.165) is 16.8 Å². The number of nitrogens with two attached hydrogens (primary N) is 1. The fraction of sp³-hybridized carbons (Fsp3) is 0.158. The number of fused-ring (bicyclic) bond motifs is 1. The predicted molar refractivity (Wildman–Crippen MR) is 102 cm³/mol. The summed E-state index contributed by atoms with van der Waals surface area (Å²) < 4.78 is 84.7. The van der Waals surface area contributed by atoms with Gasteiger partial charge in [-0.15, -0.1) is 13.2 Å². The van der Waals surface area contributed by atoms with E-state index >= 15 is 0 Å². The third kappa shape index (κ3) is 4.63. The number of imidazole rings is 1. The zero-order chi connectivity index (χ0) is 24.7. The molecule has 15 heteroatoms. The zero-order valence-corrected chi connectivity index (χ0v) is 16.6. The van der Waals surface area contributed by atoms with E-state index in [2.05, 4.69) is 29.5 Å². The molecule has 0 aliphatic carbocycles. The number of alkyl halides is 6. The summed E-state index contributed by atoms with van der Waals surface area (Å²) in [5.74, 6) is -3.03. The Hall–Kier alpha value is -4.14. The number of pyridine rings is 1. The summed E-state index contributed by atoms with van der Waals surface area (Å²) in [7, 11) is 0. The highest BCUT2D eigenvalue weighted by atomic mass is 19.4. The number of aromatic nitrogens is 5. The summed E-state index contributed by atoms with van der Waals surface area (Å²) >= 11 is 0. The molecule has 0 radical (unpaired) electrons. The van der Waals surface area contributed by atoms with E-state index in [9.17, 15) is 31.1 Å². The second kappa shape index (κ2) is 8.33. The average Bonchev–Trinajstić information content (AvgIpc) is 3.41. The molecule has 1 atom stereocenters. The Morgan fingerprint density at radius 3 is 2.38 bits per heavy atom. The van der Waals surface area contributed by atoms with Crippen molar-refractivity contribution in [2.45, 2.75) is 18.8 Å². The minimum Gasteiger partial charge on any atom is -0.434 e. The summed E-state index contributed by atoms with van der Waals surface area (Å²) in [5.41, 5.74) is 6.52. The lowest BCUT2D eigenvalue weighted by Gasteiger charge is -2.13. The number of carbonyl (C=O) groups excluding carboxylic acids is 1. The van der Waals surface area contributed by atoms with Gasteiger partial charge >= 0.3 is 18.5 Å². The number of rotatable bonds is 5. The van der Waals surface area contributed by atoms with Gasteiger partial charge in [0.15, 0.2) is 11.9 Å². The number of benzene rings is 1. The summed E-state index contributed by atoms with van der Waals surface area (Å²) in [6.07, 6.45) is -8.00. The van der Waals surface area contributed by atoms with Crippen LogP contribution < -0.4 is 10.5 Å². The topological polar surface area (TPSA) is 121 Å². The van der Waals surface area contributed by atoms with Crippen LogP contribution in [0.3, 0.4) is 0 Å². The number of esters is 1. The number of nitrogens with one attached hydrogen (secondary N) is 1. The minimum absolute atomic E-state index is 0.0742. The van der Waals surface area contributed by atoms with E-state index in [-0.39, 0.29) is 22.4 Å². The molecule has 0 fully saturated rings. The first kappa shape index (κ1) is 23.0. The average molecular weight is 486 g/mol. The third-order valence-corrected chi connectivity index (χ3v) is 4.43. The van der Waals surface area contributed by atoms with E-state index in [4.69, 9.17) is 5.73 Å². The van der Waals surface area contributed by atoms with E-state index in [1.807, 2.05) is 0 Å². The van der Waals surface area contributed by atoms with Gasteiger partial charge in [0.05, 0.1) is 29.3 Å². The zero-order valence-electron chi connectivity index (χ0n) is 16.6. The van der Waals surface area contributed by atoms with Crippen LogP contribution in [0.25, 0.3) is 28.0 Å². The first-order valence-electron chi connectivity index (χ1n) is 9.20. The Labute approximate surface area is 185 Å². The van der Waals surface area contributed by atoms with Crippen LogP contribution in [0.1, 0.15) is 11.9 Å². The highest BCUT2D eigenvalue weighted by molar-refractivity contribution is 5.95. The minimum atomic E-state index is -5.30. The number of ether oxygens (including phenoxy) is 2. The van der Waals surface area contributed by atoms with Gasteiger partial charge in [0.2, 0.25) is 0 Å². The molecular weight excluding hydrogens is 474 g/mol. The van der Waals surface area contributed by atoms with Crippen LogP contribution in [-0.2, 0) is 9.53 Å². The van der Waals surface area contributed by atoms with Gasteiger partial charge in [-0.25, -0.2) is 19.4 Å². The molecule has 0 saturated heterocycles. The van der Waals surface area contributed by atoms with Gasteiger partial charge in [-0.3, -0.25) is 5.73 Å². The molecule has 3 N–H and O–H groups in total. The van der Waals surface area contributed by atoms with Crippen LogP contribution in [0.4, 0.5) is 26.3 Å². The van der Waals surface area contributed by atoms with Crippen molar-refractivity contribution in [3.05, 3.63) is 54.7 Å². The number of halogens is 6. The number of hydrogen-bond donors (Lipinski definition) is 2. The van der Waals surface area contributed by atoms with Crippen LogP contribution in [-0.4, -0.2) is 43.2 Å². The maximum absolute atomic E-state index is 12.7. The monoisotopic (exact) mass is 486 g/mol. The molecule has 4 aromatic rings. The van der Waals surface area contributed by atoms with Crippen molar-refractivity contribution in [1.82, 2.24) is 24.7 Å². The summed E-state index contributed by atoms with van der Waals surface area (Å²) in [6, 6.07) is 5.96. The fourth-order valence-electron chi connectivity index (χ4n) is 3.10. The Balaban J connectivity index is 1.84. The van der Waals surface area contributed by atoms with Gasteiger partial charge in [0.25, 0.3) is 0 Å². The SMILES string of the molecule is NC(OC(=O)C(F)(F)F)c1nn(-c2ccc(OC(F)(F)F)cc2)c2nccc(-c3cnc[nH]3)c12. The number of carbonyl (C=O) groups is 1. The maximum Gasteiger partial charge on any atom is 0.573 e. The Morgan fingerprint density at radius 2 is 1.79 bits per heavy atom. The predicted octanol–water partition coefficient (Wildman–Crippen LogP) is 3.77. The lowest BCUT2D eigenvalue weighted by molar-refractivity contribution is -0.274. The van der Waals surface area contributed by atoms with Gasteiger partial charge in [-0.05, 0) is 30.3 Å². The second-order valence-electron chi connectivity index (χ2n) is 6.68. The number of hydrogen-bond acceptors (Lipinski definition) is 7. The van der Waals surface area contributed by atoms with Crippen molar-refractivity contribution in [3.8, 4) is 22.7 Å². The van der Waals surface area contributed by atoms with Gasteiger partial charge in [-0.1, -0.05) is 0 Å². The smallest absolute Gasteiger partial charge is 0.434 e. The van der Waals surface area contributed by atoms with Crippen molar-refractivity contribution in [2.24, 2.45) is 5.73 Å². The van der Waals surface area contributed by atoms with Crippen LogP contribution >= 0.6 is 0 Å². The molecule has 0 aliphatic rings. The lowest BCUT2D eigenvalue weighted by Crippen LogP contribution is -2.30. The molecule has 0 saturated carbocycles. The number of nitrogens with zero attached hydrogens (tertiary/aromatic N) is 4. The van der Waals surface area contributed by atoms with E-state index in [1.165, 1.54) is 36.9 Å². The largest absolute Gasteiger partial charge is 0.573 e. The molecule has 4 rings (SSSR count). The molecular formula is C19H12F6N6O3. The van der Waals surface area contributed by atoms with E-state index in [0.29, 0.717) is 11.3 Å². The third-order valence-electron chi connectivity index (χ3n) is 4.43. The van der Waals surface area contributed by atoms with Crippen LogP contribution in [0.15, 0.2) is 49.1 Å². The molecule has 0 bridgehead atoms. The van der Waals surface area contributed by atoms with Crippen molar-refractivity contribution in [1.29, 1.82) is 0 Å². The first-order valence-corrected chi connectivity index (χ1v) is 9.20. The van der Waals surface area contributed by atoms with E-state index < -0.39 is 30.5 Å².